The molecule has 3 nitrogen and oxygen atoms in total. The van der Waals surface area contributed by atoms with Crippen LogP contribution in [-0.4, -0.2) is 18.5 Å². The van der Waals surface area contributed by atoms with Crippen molar-refractivity contribution in [2.75, 3.05) is 6.54 Å². The maximum atomic E-state index is 12.0. The summed E-state index contributed by atoms with van der Waals surface area (Å²) >= 11 is 0. The summed E-state index contributed by atoms with van der Waals surface area (Å²) < 4.78 is 0. The normalized spacial score (nSPS) is 35.9. The smallest absolute Gasteiger partial charge is 0.220 e. The van der Waals surface area contributed by atoms with E-state index in [4.69, 9.17) is 5.73 Å². The monoisotopic (exact) mass is 266 g/mol. The van der Waals surface area contributed by atoms with Gasteiger partial charge in [-0.15, -0.1) is 0 Å². The van der Waals surface area contributed by atoms with Crippen LogP contribution < -0.4 is 11.1 Å². The molecule has 0 heterocycles. The van der Waals surface area contributed by atoms with Crippen molar-refractivity contribution in [3.05, 3.63) is 0 Å². The predicted octanol–water partition coefficient (Wildman–Crippen LogP) is 2.84. The maximum absolute atomic E-state index is 12.0. The van der Waals surface area contributed by atoms with Crippen molar-refractivity contribution in [3.63, 3.8) is 0 Å². The summed E-state index contributed by atoms with van der Waals surface area (Å²) in [4.78, 5) is 12.0. The van der Waals surface area contributed by atoms with Gasteiger partial charge in [-0.2, -0.15) is 0 Å². The number of nitrogens with two attached hydrogens (primary N) is 1. The van der Waals surface area contributed by atoms with Crippen molar-refractivity contribution in [1.82, 2.24) is 5.32 Å². The molecule has 110 valence electrons. The van der Waals surface area contributed by atoms with Crippen LogP contribution >= 0.6 is 0 Å². The number of carbonyl (C=O) groups excluding carboxylic acids is 1. The third-order valence-corrected chi connectivity index (χ3v) is 5.14. The van der Waals surface area contributed by atoms with Crippen LogP contribution in [0.1, 0.15) is 64.7 Å². The molecule has 0 radical (unpaired) electrons. The van der Waals surface area contributed by atoms with Gasteiger partial charge in [0.2, 0.25) is 5.91 Å². The fourth-order valence-electron chi connectivity index (χ4n) is 3.59. The van der Waals surface area contributed by atoms with Crippen LogP contribution in [0.3, 0.4) is 0 Å². The fourth-order valence-corrected chi connectivity index (χ4v) is 3.59. The van der Waals surface area contributed by atoms with Gasteiger partial charge in [0.05, 0.1) is 0 Å². The molecule has 1 amide bonds. The minimum Gasteiger partial charge on any atom is -0.356 e. The second-order valence-corrected chi connectivity index (χ2v) is 6.84. The molecule has 2 atom stereocenters. The Hall–Kier alpha value is -0.570. The van der Waals surface area contributed by atoms with E-state index >= 15 is 0 Å². The highest BCUT2D eigenvalue weighted by atomic mass is 16.1. The Morgan fingerprint density at radius 3 is 2.47 bits per heavy atom. The maximum Gasteiger partial charge on any atom is 0.220 e. The highest BCUT2D eigenvalue weighted by Crippen LogP contribution is 2.28. The lowest BCUT2D eigenvalue weighted by Gasteiger charge is -2.29. The number of nitrogens with one attached hydrogen (secondary N) is 1. The molecule has 0 saturated heterocycles. The molecule has 3 heteroatoms. The standard InChI is InChI=1S/C16H30N2O/c1-12-6-8-13(9-7-12)11-18-16(19)10-14-4-2-3-5-15(14)17/h12-15H,2-11,17H2,1H3,(H,18,19). The lowest BCUT2D eigenvalue weighted by Crippen LogP contribution is -2.38. The molecular weight excluding hydrogens is 236 g/mol. The second kappa shape index (κ2) is 7.28. The van der Waals surface area contributed by atoms with Crippen LogP contribution in [-0.2, 0) is 4.79 Å². The van der Waals surface area contributed by atoms with Crippen molar-refractivity contribution in [1.29, 1.82) is 0 Å². The number of hydrogen-bond acceptors (Lipinski definition) is 2. The summed E-state index contributed by atoms with van der Waals surface area (Å²) in [5, 5.41) is 3.14. The van der Waals surface area contributed by atoms with Gasteiger partial charge in [0.1, 0.15) is 0 Å². The molecule has 0 aromatic heterocycles. The molecule has 0 aromatic rings. The molecule has 0 aromatic carbocycles. The molecule has 2 fully saturated rings. The van der Waals surface area contributed by atoms with Gasteiger partial charge in [0, 0.05) is 19.0 Å². The number of carbonyl (C=O) groups is 1. The zero-order valence-electron chi connectivity index (χ0n) is 12.4. The lowest BCUT2D eigenvalue weighted by molar-refractivity contribution is -0.122. The highest BCUT2D eigenvalue weighted by molar-refractivity contribution is 5.76. The zero-order valence-corrected chi connectivity index (χ0v) is 12.4. The van der Waals surface area contributed by atoms with Crippen LogP contribution in [0, 0.1) is 17.8 Å². The molecule has 2 saturated carbocycles. The zero-order chi connectivity index (χ0) is 13.7. The first-order valence-electron chi connectivity index (χ1n) is 8.17. The molecule has 2 aliphatic rings. The summed E-state index contributed by atoms with van der Waals surface area (Å²) in [6.45, 7) is 3.22. The first-order chi connectivity index (χ1) is 9.15. The summed E-state index contributed by atoms with van der Waals surface area (Å²) in [7, 11) is 0. The van der Waals surface area contributed by atoms with E-state index in [9.17, 15) is 4.79 Å². The summed E-state index contributed by atoms with van der Waals surface area (Å²) in [5.41, 5.74) is 6.10. The Labute approximate surface area is 117 Å². The quantitative estimate of drug-likeness (QED) is 0.822. The number of amides is 1. The minimum atomic E-state index is 0.223. The van der Waals surface area contributed by atoms with Crippen molar-refractivity contribution < 1.29 is 4.79 Å². The van der Waals surface area contributed by atoms with Crippen molar-refractivity contribution in [2.24, 2.45) is 23.5 Å². The van der Waals surface area contributed by atoms with Gasteiger partial charge in [0.15, 0.2) is 0 Å². The Kier molecular flexibility index (Phi) is 5.68. The summed E-state index contributed by atoms with van der Waals surface area (Å²) in [6, 6.07) is 0.245. The lowest BCUT2D eigenvalue weighted by atomic mass is 9.82. The Balaban J connectivity index is 1.64. The predicted molar refractivity (Wildman–Crippen MR) is 78.7 cm³/mol. The Bertz CT molecular complexity index is 284. The van der Waals surface area contributed by atoms with E-state index in [1.807, 2.05) is 0 Å². The Morgan fingerprint density at radius 2 is 1.79 bits per heavy atom. The van der Waals surface area contributed by atoms with Crippen LogP contribution in [0.2, 0.25) is 0 Å². The number of rotatable bonds is 4. The van der Waals surface area contributed by atoms with Gasteiger partial charge in [-0.25, -0.2) is 0 Å². The van der Waals surface area contributed by atoms with Crippen molar-refractivity contribution in [2.45, 2.75) is 70.8 Å². The van der Waals surface area contributed by atoms with E-state index < -0.39 is 0 Å². The van der Waals surface area contributed by atoms with E-state index in [1.165, 1.54) is 38.5 Å². The van der Waals surface area contributed by atoms with E-state index in [2.05, 4.69) is 12.2 Å². The van der Waals surface area contributed by atoms with E-state index in [0.29, 0.717) is 18.3 Å². The molecular formula is C16H30N2O. The van der Waals surface area contributed by atoms with Crippen molar-refractivity contribution in [3.8, 4) is 0 Å². The van der Waals surface area contributed by atoms with Crippen LogP contribution in [0.4, 0.5) is 0 Å². The molecule has 0 bridgehead atoms. The average Bonchev–Trinajstić information content (AvgIpc) is 2.41. The Morgan fingerprint density at radius 1 is 1.11 bits per heavy atom. The van der Waals surface area contributed by atoms with Gasteiger partial charge in [-0.05, 0) is 43.4 Å². The third kappa shape index (κ3) is 4.79. The molecule has 0 spiro atoms. The second-order valence-electron chi connectivity index (χ2n) is 6.84. The largest absolute Gasteiger partial charge is 0.356 e. The van der Waals surface area contributed by atoms with Crippen molar-refractivity contribution >= 4 is 5.91 Å². The number of hydrogen-bond donors (Lipinski definition) is 2. The van der Waals surface area contributed by atoms with E-state index in [-0.39, 0.29) is 11.9 Å². The molecule has 19 heavy (non-hydrogen) atoms. The first-order valence-corrected chi connectivity index (χ1v) is 8.17. The molecule has 2 aliphatic carbocycles. The highest BCUT2D eigenvalue weighted by Gasteiger charge is 2.24. The molecule has 0 aliphatic heterocycles. The molecule has 2 rings (SSSR count). The van der Waals surface area contributed by atoms with Gasteiger partial charge >= 0.3 is 0 Å². The first kappa shape index (κ1) is 14.8. The molecule has 2 unspecified atom stereocenters. The average molecular weight is 266 g/mol. The fraction of sp³-hybridized carbons (Fsp3) is 0.938. The van der Waals surface area contributed by atoms with Gasteiger partial charge in [0.25, 0.3) is 0 Å². The SMILES string of the molecule is CC1CCC(CNC(=O)CC2CCCCC2N)CC1. The van der Waals surface area contributed by atoms with Crippen LogP contribution in [0.25, 0.3) is 0 Å². The van der Waals surface area contributed by atoms with Gasteiger partial charge in [-0.1, -0.05) is 32.6 Å². The molecule has 3 N–H and O–H groups in total. The van der Waals surface area contributed by atoms with E-state index in [1.54, 1.807) is 0 Å². The van der Waals surface area contributed by atoms with E-state index in [0.717, 1.165) is 25.3 Å². The summed E-state index contributed by atoms with van der Waals surface area (Å²) in [5.74, 6) is 2.23. The van der Waals surface area contributed by atoms with Crippen LogP contribution in [0.5, 0.6) is 0 Å². The minimum absolute atomic E-state index is 0.223. The third-order valence-electron chi connectivity index (χ3n) is 5.14. The van der Waals surface area contributed by atoms with Crippen LogP contribution in [0.15, 0.2) is 0 Å². The summed E-state index contributed by atoms with van der Waals surface area (Å²) in [6.07, 6.45) is 10.6. The van der Waals surface area contributed by atoms with Gasteiger partial charge in [-0.3, -0.25) is 4.79 Å². The van der Waals surface area contributed by atoms with Gasteiger partial charge < -0.3 is 11.1 Å². The topological polar surface area (TPSA) is 55.1 Å².